The first-order valence-electron chi connectivity index (χ1n) is 13.9. The number of piperidine rings is 1. The van der Waals surface area contributed by atoms with E-state index < -0.39 is 35.1 Å². The third-order valence-electron chi connectivity index (χ3n) is 7.85. The molecule has 1 atom stereocenters. The SMILES string of the molecule is CCCCN1C(=O)C(CC(C)C)NC(=O)C12CCN(Cc1ccc(-c3cc(C(F)(F)F)cc(C(F)(F)F)c3)o1)CC2. The van der Waals surface area contributed by atoms with E-state index in [1.54, 1.807) is 4.90 Å². The fraction of sp³-hybridized carbons (Fsp3) is 0.586. The summed E-state index contributed by atoms with van der Waals surface area (Å²) < 4.78 is 85.4. The van der Waals surface area contributed by atoms with Crippen LogP contribution in [-0.4, -0.2) is 52.8 Å². The molecule has 1 aromatic carbocycles. The zero-order valence-electron chi connectivity index (χ0n) is 23.3. The zero-order valence-corrected chi connectivity index (χ0v) is 23.3. The molecule has 2 saturated heterocycles. The Hall–Kier alpha value is -3.02. The molecule has 0 saturated carbocycles. The van der Waals surface area contributed by atoms with Gasteiger partial charge < -0.3 is 14.6 Å². The number of halogens is 6. The number of carbonyl (C=O) groups is 2. The number of furan rings is 1. The van der Waals surface area contributed by atoms with Crippen LogP contribution < -0.4 is 5.32 Å². The maximum Gasteiger partial charge on any atom is 0.416 e. The maximum atomic E-state index is 13.4. The third-order valence-corrected chi connectivity index (χ3v) is 7.85. The first-order chi connectivity index (χ1) is 19.1. The average Bonchev–Trinajstić information content (AvgIpc) is 3.35. The molecule has 226 valence electrons. The highest BCUT2D eigenvalue weighted by Crippen LogP contribution is 2.39. The van der Waals surface area contributed by atoms with Crippen LogP contribution in [0.1, 0.15) is 69.8 Å². The van der Waals surface area contributed by atoms with Crippen molar-refractivity contribution in [3.8, 4) is 11.3 Å². The van der Waals surface area contributed by atoms with E-state index >= 15 is 0 Å². The van der Waals surface area contributed by atoms with Gasteiger partial charge in [-0.2, -0.15) is 26.3 Å². The van der Waals surface area contributed by atoms with Crippen molar-refractivity contribution >= 4 is 11.8 Å². The summed E-state index contributed by atoms with van der Waals surface area (Å²) in [5.74, 6) is 0.288. The quantitative estimate of drug-likeness (QED) is 0.359. The largest absolute Gasteiger partial charge is 0.460 e. The average molecular weight is 588 g/mol. The third kappa shape index (κ3) is 6.73. The molecule has 4 rings (SSSR count). The van der Waals surface area contributed by atoms with Gasteiger partial charge in [-0.25, -0.2) is 0 Å². The number of likely N-dealkylation sites (tertiary alicyclic amines) is 1. The number of benzene rings is 1. The molecule has 2 aliphatic heterocycles. The predicted molar refractivity (Wildman–Crippen MR) is 139 cm³/mol. The van der Waals surface area contributed by atoms with Crippen LogP contribution >= 0.6 is 0 Å². The number of unbranched alkanes of at least 4 members (excludes halogenated alkanes) is 1. The fourth-order valence-corrected chi connectivity index (χ4v) is 5.66. The summed E-state index contributed by atoms with van der Waals surface area (Å²) in [5.41, 5.74) is -4.09. The van der Waals surface area contributed by atoms with Crippen molar-refractivity contribution < 1.29 is 40.3 Å². The highest BCUT2D eigenvalue weighted by molar-refractivity contribution is 6.00. The van der Waals surface area contributed by atoms with Crippen LogP contribution in [0.15, 0.2) is 34.7 Å². The number of carbonyl (C=O) groups excluding carboxylic acids is 2. The molecule has 2 aromatic rings. The van der Waals surface area contributed by atoms with Gasteiger partial charge >= 0.3 is 12.4 Å². The first kappa shape index (κ1) is 30.9. The van der Waals surface area contributed by atoms with Crippen molar-refractivity contribution in [1.29, 1.82) is 0 Å². The molecule has 1 N–H and O–H groups in total. The monoisotopic (exact) mass is 587 g/mol. The van der Waals surface area contributed by atoms with E-state index in [0.29, 0.717) is 56.8 Å². The Morgan fingerprint density at radius 2 is 1.61 bits per heavy atom. The van der Waals surface area contributed by atoms with Gasteiger partial charge in [-0.15, -0.1) is 0 Å². The number of nitrogens with one attached hydrogen (secondary N) is 1. The Morgan fingerprint density at radius 3 is 2.15 bits per heavy atom. The van der Waals surface area contributed by atoms with Gasteiger partial charge in [-0.05, 0) is 61.9 Å². The van der Waals surface area contributed by atoms with E-state index in [2.05, 4.69) is 5.32 Å². The van der Waals surface area contributed by atoms with Gasteiger partial charge in [-0.1, -0.05) is 27.2 Å². The lowest BCUT2D eigenvalue weighted by Crippen LogP contribution is -2.73. The minimum Gasteiger partial charge on any atom is -0.460 e. The summed E-state index contributed by atoms with van der Waals surface area (Å²) in [6.45, 7) is 7.68. The molecule has 1 unspecified atom stereocenters. The minimum atomic E-state index is -4.96. The Bertz CT molecular complexity index is 1210. The molecule has 0 radical (unpaired) electrons. The molecule has 0 aliphatic carbocycles. The van der Waals surface area contributed by atoms with Crippen molar-refractivity contribution in [2.75, 3.05) is 19.6 Å². The van der Waals surface area contributed by atoms with Crippen LogP contribution in [0.2, 0.25) is 0 Å². The van der Waals surface area contributed by atoms with Gasteiger partial charge in [0.1, 0.15) is 23.1 Å². The number of hydrogen-bond donors (Lipinski definition) is 1. The summed E-state index contributed by atoms with van der Waals surface area (Å²) in [7, 11) is 0. The molecular formula is C29H35F6N3O3. The molecule has 2 fully saturated rings. The molecule has 41 heavy (non-hydrogen) atoms. The second-order valence-corrected chi connectivity index (χ2v) is 11.4. The Balaban J connectivity index is 1.49. The number of amides is 2. The van der Waals surface area contributed by atoms with Crippen LogP contribution in [0, 0.1) is 5.92 Å². The number of hydrogen-bond acceptors (Lipinski definition) is 4. The van der Waals surface area contributed by atoms with E-state index in [1.165, 1.54) is 12.1 Å². The van der Waals surface area contributed by atoms with Crippen molar-refractivity contribution in [3.05, 3.63) is 47.2 Å². The lowest BCUT2D eigenvalue weighted by atomic mass is 9.80. The van der Waals surface area contributed by atoms with Crippen LogP contribution in [0.5, 0.6) is 0 Å². The second-order valence-electron chi connectivity index (χ2n) is 11.4. The lowest BCUT2D eigenvalue weighted by molar-refractivity contribution is -0.161. The molecule has 2 amide bonds. The van der Waals surface area contributed by atoms with E-state index in [-0.39, 0.29) is 41.7 Å². The lowest BCUT2D eigenvalue weighted by Gasteiger charge is -2.51. The van der Waals surface area contributed by atoms with Crippen molar-refractivity contribution in [1.82, 2.24) is 15.1 Å². The van der Waals surface area contributed by atoms with Gasteiger partial charge in [-0.3, -0.25) is 14.5 Å². The predicted octanol–water partition coefficient (Wildman–Crippen LogP) is 6.49. The summed E-state index contributed by atoms with van der Waals surface area (Å²) >= 11 is 0. The minimum absolute atomic E-state index is 0.0600. The summed E-state index contributed by atoms with van der Waals surface area (Å²) in [6.07, 6.45) is -6.90. The molecular weight excluding hydrogens is 552 g/mol. The highest BCUT2D eigenvalue weighted by Gasteiger charge is 2.53. The molecule has 3 heterocycles. The molecule has 1 spiro atoms. The maximum absolute atomic E-state index is 13.4. The molecule has 2 aliphatic rings. The second kappa shape index (κ2) is 11.7. The first-order valence-corrected chi connectivity index (χ1v) is 13.9. The summed E-state index contributed by atoms with van der Waals surface area (Å²) in [6, 6.07) is 3.69. The number of nitrogens with zero attached hydrogens (tertiary/aromatic N) is 2. The fourth-order valence-electron chi connectivity index (χ4n) is 5.66. The van der Waals surface area contributed by atoms with Gasteiger partial charge in [0.15, 0.2) is 0 Å². The van der Waals surface area contributed by atoms with Gasteiger partial charge in [0.25, 0.3) is 0 Å². The van der Waals surface area contributed by atoms with Crippen LogP contribution in [0.3, 0.4) is 0 Å². The Morgan fingerprint density at radius 1 is 1.00 bits per heavy atom. The highest BCUT2D eigenvalue weighted by atomic mass is 19.4. The molecule has 0 bridgehead atoms. The standard InChI is InChI=1S/C29H35F6N3O3/c1-4-5-10-38-25(39)23(13-18(2)3)36-26(40)27(38)8-11-37(12-9-27)17-22-6-7-24(41-22)19-14-20(28(30,31)32)16-21(15-19)29(33,34)35/h6-7,14-16,18,23H,4-5,8-13,17H2,1-3H3,(H,36,40). The van der Waals surface area contributed by atoms with E-state index in [1.807, 2.05) is 25.7 Å². The van der Waals surface area contributed by atoms with Crippen molar-refractivity contribution in [2.24, 2.45) is 5.92 Å². The summed E-state index contributed by atoms with van der Waals surface area (Å²) in [4.78, 5) is 30.6. The number of rotatable bonds is 8. The Labute approximate surface area is 235 Å². The topological polar surface area (TPSA) is 65.8 Å². The van der Waals surface area contributed by atoms with E-state index in [4.69, 9.17) is 4.42 Å². The van der Waals surface area contributed by atoms with Crippen LogP contribution in [0.25, 0.3) is 11.3 Å². The smallest absolute Gasteiger partial charge is 0.416 e. The normalized spacial score (nSPS) is 20.2. The van der Waals surface area contributed by atoms with Gasteiger partial charge in [0, 0.05) is 25.2 Å². The number of alkyl halides is 6. The van der Waals surface area contributed by atoms with Crippen molar-refractivity contribution in [2.45, 2.75) is 83.4 Å². The number of piperazine rings is 1. The van der Waals surface area contributed by atoms with Gasteiger partial charge in [0.05, 0.1) is 17.7 Å². The summed E-state index contributed by atoms with van der Waals surface area (Å²) in [5, 5.41) is 2.95. The molecule has 6 nitrogen and oxygen atoms in total. The van der Waals surface area contributed by atoms with Crippen LogP contribution in [0.4, 0.5) is 26.3 Å². The van der Waals surface area contributed by atoms with E-state index in [9.17, 15) is 35.9 Å². The molecule has 12 heteroatoms. The van der Waals surface area contributed by atoms with Gasteiger partial charge in [0.2, 0.25) is 11.8 Å². The van der Waals surface area contributed by atoms with Crippen molar-refractivity contribution in [3.63, 3.8) is 0 Å². The molecule has 1 aromatic heterocycles. The Kier molecular flexibility index (Phi) is 8.82. The zero-order chi connectivity index (χ0) is 30.2. The van der Waals surface area contributed by atoms with E-state index in [0.717, 1.165) is 12.8 Å². The van der Waals surface area contributed by atoms with Crippen LogP contribution in [-0.2, 0) is 28.5 Å².